The molecule has 122 valence electrons. The predicted octanol–water partition coefficient (Wildman–Crippen LogP) is -0.517. The summed E-state index contributed by atoms with van der Waals surface area (Å²) in [6, 6.07) is -0.415. The van der Waals surface area contributed by atoms with Crippen LogP contribution in [0.5, 0.6) is 0 Å². The van der Waals surface area contributed by atoms with Gasteiger partial charge in [-0.1, -0.05) is 0 Å². The van der Waals surface area contributed by atoms with E-state index < -0.39 is 6.03 Å². The van der Waals surface area contributed by atoms with Crippen molar-refractivity contribution in [2.24, 2.45) is 12.8 Å². The molecule has 0 bridgehead atoms. The number of carbonyl (C=O) groups is 2. The molecule has 2 aromatic rings. The maximum absolute atomic E-state index is 12.1. The molecule has 0 unspecified atom stereocenters. The molecule has 9 nitrogen and oxygen atoms in total. The van der Waals surface area contributed by atoms with Gasteiger partial charge in [0.15, 0.2) is 0 Å². The molecule has 0 saturated carbocycles. The van der Waals surface area contributed by atoms with Crippen LogP contribution in [0, 0.1) is 0 Å². The monoisotopic (exact) mass is 317 g/mol. The molecule has 3 rings (SSSR count). The van der Waals surface area contributed by atoms with Gasteiger partial charge in [-0.05, 0) is 0 Å². The molecular weight excluding hydrogens is 298 g/mol. The fraction of sp³-hybridized carbons (Fsp3) is 0.429. The summed E-state index contributed by atoms with van der Waals surface area (Å²) in [6.07, 6.45) is 5.60. The lowest BCUT2D eigenvalue weighted by atomic mass is 10.3. The highest BCUT2D eigenvalue weighted by molar-refractivity contribution is 5.93. The number of carbonyl (C=O) groups excluding carboxylic acids is 2. The number of nitrogens with two attached hydrogens (primary N) is 1. The van der Waals surface area contributed by atoms with Crippen LogP contribution in [-0.4, -0.2) is 49.3 Å². The SMILES string of the molecule is Cn1cc(C(=O)NCc2cnc3n2CCN(C(N)=O)CC3)cn1. The molecule has 3 N–H and O–H groups in total. The van der Waals surface area contributed by atoms with Crippen LogP contribution < -0.4 is 11.1 Å². The van der Waals surface area contributed by atoms with Crippen LogP contribution in [0.1, 0.15) is 21.9 Å². The molecule has 0 fully saturated rings. The zero-order valence-corrected chi connectivity index (χ0v) is 12.9. The Kier molecular flexibility index (Phi) is 4.00. The van der Waals surface area contributed by atoms with Gasteiger partial charge in [-0.25, -0.2) is 9.78 Å². The predicted molar refractivity (Wildman–Crippen MR) is 81.5 cm³/mol. The first-order valence-corrected chi connectivity index (χ1v) is 7.39. The summed E-state index contributed by atoms with van der Waals surface area (Å²) >= 11 is 0. The van der Waals surface area contributed by atoms with Crippen LogP contribution >= 0.6 is 0 Å². The number of hydrogen-bond donors (Lipinski definition) is 2. The molecular formula is C14H19N7O2. The first-order valence-electron chi connectivity index (χ1n) is 7.39. The maximum Gasteiger partial charge on any atom is 0.314 e. The van der Waals surface area contributed by atoms with E-state index in [1.807, 2.05) is 4.57 Å². The molecule has 0 saturated heterocycles. The van der Waals surface area contributed by atoms with Gasteiger partial charge in [0, 0.05) is 39.3 Å². The zero-order chi connectivity index (χ0) is 16.4. The van der Waals surface area contributed by atoms with E-state index in [0.717, 1.165) is 11.5 Å². The fourth-order valence-electron chi connectivity index (χ4n) is 2.67. The lowest BCUT2D eigenvalue weighted by Crippen LogP contribution is -2.37. The second kappa shape index (κ2) is 6.11. The first-order chi connectivity index (χ1) is 11.0. The highest BCUT2D eigenvalue weighted by atomic mass is 16.2. The summed E-state index contributed by atoms with van der Waals surface area (Å²) < 4.78 is 3.62. The van der Waals surface area contributed by atoms with Gasteiger partial charge < -0.3 is 20.5 Å². The molecule has 0 aromatic carbocycles. The molecule has 3 amide bonds. The van der Waals surface area contributed by atoms with Crippen molar-refractivity contribution >= 4 is 11.9 Å². The van der Waals surface area contributed by atoms with Crippen molar-refractivity contribution in [1.82, 2.24) is 29.5 Å². The molecule has 2 aromatic heterocycles. The third kappa shape index (κ3) is 3.17. The summed E-state index contributed by atoms with van der Waals surface area (Å²) in [6.45, 7) is 2.10. The van der Waals surface area contributed by atoms with Crippen LogP contribution in [-0.2, 0) is 26.6 Å². The molecule has 0 radical (unpaired) electrons. The van der Waals surface area contributed by atoms with Gasteiger partial charge in [-0.2, -0.15) is 5.10 Å². The van der Waals surface area contributed by atoms with Gasteiger partial charge >= 0.3 is 6.03 Å². The number of rotatable bonds is 3. The lowest BCUT2D eigenvalue weighted by Gasteiger charge is -2.16. The first kappa shape index (κ1) is 15.1. The molecule has 0 atom stereocenters. The van der Waals surface area contributed by atoms with Gasteiger partial charge in [0.25, 0.3) is 5.91 Å². The molecule has 23 heavy (non-hydrogen) atoms. The van der Waals surface area contributed by atoms with Crippen molar-refractivity contribution in [3.8, 4) is 0 Å². The Morgan fingerprint density at radius 3 is 2.83 bits per heavy atom. The molecule has 3 heterocycles. The number of urea groups is 1. The van der Waals surface area contributed by atoms with E-state index >= 15 is 0 Å². The number of hydrogen-bond acceptors (Lipinski definition) is 4. The van der Waals surface area contributed by atoms with E-state index in [-0.39, 0.29) is 5.91 Å². The van der Waals surface area contributed by atoms with Crippen LogP contribution in [0.2, 0.25) is 0 Å². The molecule has 1 aliphatic rings. The highest BCUT2D eigenvalue weighted by Gasteiger charge is 2.19. The van der Waals surface area contributed by atoms with Gasteiger partial charge in [-0.3, -0.25) is 9.48 Å². The number of aryl methyl sites for hydroxylation is 1. The van der Waals surface area contributed by atoms with Gasteiger partial charge in [0.2, 0.25) is 0 Å². The minimum absolute atomic E-state index is 0.180. The normalized spacial score (nSPS) is 14.2. The maximum atomic E-state index is 12.1. The Morgan fingerprint density at radius 2 is 2.13 bits per heavy atom. The molecule has 1 aliphatic heterocycles. The Labute approximate surface area is 133 Å². The number of nitrogens with one attached hydrogen (secondary N) is 1. The quantitative estimate of drug-likeness (QED) is 0.793. The summed E-state index contributed by atoms with van der Waals surface area (Å²) in [4.78, 5) is 29.3. The molecule has 0 spiro atoms. The minimum atomic E-state index is -0.415. The van der Waals surface area contributed by atoms with Gasteiger partial charge in [-0.15, -0.1) is 0 Å². The standard InChI is InChI=1S/C14H19N7O2/c1-19-9-10(6-18-19)13(22)17-8-11-7-16-12-2-3-20(14(15)23)4-5-21(11)12/h6-7,9H,2-5,8H2,1H3,(H2,15,23)(H,17,22). The summed E-state index contributed by atoms with van der Waals surface area (Å²) in [7, 11) is 1.76. The number of fused-ring (bicyclic) bond motifs is 1. The molecule has 0 aliphatic carbocycles. The van der Waals surface area contributed by atoms with Crippen molar-refractivity contribution < 1.29 is 9.59 Å². The van der Waals surface area contributed by atoms with E-state index in [1.165, 1.54) is 6.20 Å². The zero-order valence-electron chi connectivity index (χ0n) is 12.9. The summed E-state index contributed by atoms with van der Waals surface area (Å²) in [5.74, 6) is 0.723. The molecule has 9 heteroatoms. The Balaban J connectivity index is 1.65. The number of nitrogens with zero attached hydrogens (tertiary/aromatic N) is 5. The third-order valence-electron chi connectivity index (χ3n) is 3.93. The largest absolute Gasteiger partial charge is 0.351 e. The van der Waals surface area contributed by atoms with E-state index in [2.05, 4.69) is 15.4 Å². The van der Waals surface area contributed by atoms with Crippen LogP contribution in [0.3, 0.4) is 0 Å². The summed E-state index contributed by atoms with van der Waals surface area (Å²) in [5, 5.41) is 6.84. The van der Waals surface area contributed by atoms with E-state index in [4.69, 9.17) is 5.73 Å². The average Bonchev–Trinajstić information content (AvgIpc) is 3.05. The fourth-order valence-corrected chi connectivity index (χ4v) is 2.67. The number of aromatic nitrogens is 4. The Hall–Kier alpha value is -2.84. The van der Waals surface area contributed by atoms with E-state index in [9.17, 15) is 9.59 Å². The highest BCUT2D eigenvalue weighted by Crippen LogP contribution is 2.11. The van der Waals surface area contributed by atoms with E-state index in [1.54, 1.807) is 29.0 Å². The van der Waals surface area contributed by atoms with Crippen molar-refractivity contribution in [3.05, 3.63) is 35.7 Å². The second-order valence-corrected chi connectivity index (χ2v) is 5.48. The van der Waals surface area contributed by atoms with Crippen molar-refractivity contribution in [2.75, 3.05) is 13.1 Å². The Bertz CT molecular complexity index is 733. The van der Waals surface area contributed by atoms with Gasteiger partial charge in [0.05, 0.1) is 30.2 Å². The lowest BCUT2D eigenvalue weighted by molar-refractivity contribution is 0.0950. The topological polar surface area (TPSA) is 111 Å². The van der Waals surface area contributed by atoms with Crippen LogP contribution in [0.25, 0.3) is 0 Å². The summed E-state index contributed by atoms with van der Waals surface area (Å²) in [5.41, 5.74) is 6.76. The minimum Gasteiger partial charge on any atom is -0.351 e. The average molecular weight is 317 g/mol. The third-order valence-corrected chi connectivity index (χ3v) is 3.93. The Morgan fingerprint density at radius 1 is 1.30 bits per heavy atom. The number of amides is 3. The van der Waals surface area contributed by atoms with Crippen LogP contribution in [0.4, 0.5) is 4.79 Å². The number of imidazole rings is 1. The second-order valence-electron chi connectivity index (χ2n) is 5.48. The number of primary amides is 1. The van der Waals surface area contributed by atoms with Gasteiger partial charge in [0.1, 0.15) is 5.82 Å². The van der Waals surface area contributed by atoms with Crippen molar-refractivity contribution in [3.63, 3.8) is 0 Å². The van der Waals surface area contributed by atoms with Crippen molar-refractivity contribution in [1.29, 1.82) is 0 Å². The van der Waals surface area contributed by atoms with E-state index in [0.29, 0.717) is 38.2 Å². The smallest absolute Gasteiger partial charge is 0.314 e. The van der Waals surface area contributed by atoms with Crippen LogP contribution in [0.15, 0.2) is 18.6 Å². The van der Waals surface area contributed by atoms with Crippen molar-refractivity contribution in [2.45, 2.75) is 19.5 Å².